The van der Waals surface area contributed by atoms with Crippen LogP contribution < -0.4 is 4.74 Å². The average Bonchev–Trinajstić information content (AvgIpc) is 2.25. The van der Waals surface area contributed by atoms with Crippen molar-refractivity contribution in [1.29, 1.82) is 0 Å². The fraction of sp³-hybridized carbons (Fsp3) is 0.667. The highest BCUT2D eigenvalue weighted by atomic mass is 16.5. The monoisotopic (exact) mass is 224 g/mol. The molecule has 4 heteroatoms. The molecule has 0 N–H and O–H groups in total. The average molecular weight is 224 g/mol. The maximum atomic E-state index is 5.43. The Labute approximate surface area is 97.0 Å². The van der Waals surface area contributed by atoms with E-state index in [0.717, 1.165) is 5.69 Å². The molecule has 1 atom stereocenters. The molecule has 16 heavy (non-hydrogen) atoms. The fourth-order valence-electron chi connectivity index (χ4n) is 1.05. The molecule has 0 amide bonds. The molecule has 0 radical (unpaired) electrons. The molecule has 0 aromatic carbocycles. The highest BCUT2D eigenvalue weighted by Gasteiger charge is 2.15. The molecule has 1 heterocycles. The maximum Gasteiger partial charge on any atom is 0.232 e. The van der Waals surface area contributed by atoms with E-state index in [9.17, 15) is 0 Å². The van der Waals surface area contributed by atoms with E-state index in [0.29, 0.717) is 12.5 Å². The summed E-state index contributed by atoms with van der Waals surface area (Å²) in [6, 6.07) is 0. The quantitative estimate of drug-likeness (QED) is 0.786. The van der Waals surface area contributed by atoms with Gasteiger partial charge in [0.25, 0.3) is 0 Å². The summed E-state index contributed by atoms with van der Waals surface area (Å²) in [5.41, 5.74) is 0.977. The molecule has 0 aliphatic rings. The van der Waals surface area contributed by atoms with Crippen LogP contribution in [0.25, 0.3) is 0 Å². The number of rotatable bonds is 4. The van der Waals surface area contributed by atoms with Gasteiger partial charge in [0.05, 0.1) is 24.2 Å². The van der Waals surface area contributed by atoms with Crippen molar-refractivity contribution in [2.75, 3.05) is 13.7 Å². The third-order valence-corrected chi connectivity index (χ3v) is 2.26. The molecular formula is C12H20N2O2. The Morgan fingerprint density at radius 1 is 1.25 bits per heavy atom. The molecule has 0 saturated heterocycles. The van der Waals surface area contributed by atoms with E-state index in [1.54, 1.807) is 19.5 Å². The normalized spacial score (nSPS) is 13.6. The lowest BCUT2D eigenvalue weighted by atomic mass is 9.93. The van der Waals surface area contributed by atoms with Crippen molar-refractivity contribution in [2.45, 2.75) is 39.2 Å². The minimum Gasteiger partial charge on any atom is -0.474 e. The molecule has 0 bridgehead atoms. The van der Waals surface area contributed by atoms with Crippen molar-refractivity contribution >= 4 is 0 Å². The molecule has 0 aliphatic carbocycles. The first-order valence-electron chi connectivity index (χ1n) is 5.41. The van der Waals surface area contributed by atoms with Gasteiger partial charge in [-0.25, -0.2) is 4.98 Å². The van der Waals surface area contributed by atoms with Gasteiger partial charge in [-0.05, 0) is 6.92 Å². The Morgan fingerprint density at radius 2 is 1.94 bits per heavy atom. The first-order chi connectivity index (χ1) is 7.43. The zero-order valence-corrected chi connectivity index (χ0v) is 10.7. The Hall–Kier alpha value is -1.16. The van der Waals surface area contributed by atoms with Crippen LogP contribution in [0.2, 0.25) is 0 Å². The minimum absolute atomic E-state index is 0.0192. The van der Waals surface area contributed by atoms with Crippen molar-refractivity contribution in [3.63, 3.8) is 0 Å². The lowest BCUT2D eigenvalue weighted by Gasteiger charge is -2.17. The largest absolute Gasteiger partial charge is 0.474 e. The van der Waals surface area contributed by atoms with Gasteiger partial charge in [0.15, 0.2) is 0 Å². The molecule has 0 aliphatic heterocycles. The van der Waals surface area contributed by atoms with Gasteiger partial charge < -0.3 is 9.47 Å². The first-order valence-corrected chi connectivity index (χ1v) is 5.41. The minimum atomic E-state index is 0.0192. The number of aromatic nitrogens is 2. The molecule has 0 fully saturated rings. The smallest absolute Gasteiger partial charge is 0.232 e. The second-order valence-corrected chi connectivity index (χ2v) is 4.85. The van der Waals surface area contributed by atoms with Crippen LogP contribution in [-0.2, 0) is 10.2 Å². The molecule has 4 nitrogen and oxygen atoms in total. The Kier molecular flexibility index (Phi) is 4.24. The first kappa shape index (κ1) is 12.9. The van der Waals surface area contributed by atoms with E-state index in [1.807, 2.05) is 6.92 Å². The number of hydrogen-bond acceptors (Lipinski definition) is 4. The van der Waals surface area contributed by atoms with Gasteiger partial charge in [-0.2, -0.15) is 0 Å². The van der Waals surface area contributed by atoms with Gasteiger partial charge >= 0.3 is 0 Å². The second-order valence-electron chi connectivity index (χ2n) is 4.85. The van der Waals surface area contributed by atoms with E-state index in [1.165, 1.54) is 0 Å². The summed E-state index contributed by atoms with van der Waals surface area (Å²) in [5.74, 6) is 0.539. The van der Waals surface area contributed by atoms with Crippen molar-refractivity contribution in [2.24, 2.45) is 0 Å². The third-order valence-electron chi connectivity index (χ3n) is 2.26. The van der Waals surface area contributed by atoms with E-state index >= 15 is 0 Å². The summed E-state index contributed by atoms with van der Waals surface area (Å²) in [6.07, 6.45) is 3.47. The molecule has 1 aromatic heterocycles. The summed E-state index contributed by atoms with van der Waals surface area (Å²) in [6.45, 7) is 8.73. The fourth-order valence-corrected chi connectivity index (χ4v) is 1.05. The molecule has 0 saturated carbocycles. The highest BCUT2D eigenvalue weighted by molar-refractivity contribution is 5.13. The summed E-state index contributed by atoms with van der Waals surface area (Å²) < 4.78 is 10.5. The summed E-state index contributed by atoms with van der Waals surface area (Å²) in [7, 11) is 1.66. The van der Waals surface area contributed by atoms with Crippen LogP contribution in [0.3, 0.4) is 0 Å². The number of methoxy groups -OCH3 is 1. The van der Waals surface area contributed by atoms with Crippen LogP contribution >= 0.6 is 0 Å². The maximum absolute atomic E-state index is 5.43. The third kappa shape index (κ3) is 3.77. The van der Waals surface area contributed by atoms with Gasteiger partial charge in [0.1, 0.15) is 6.61 Å². The SMILES string of the molecule is CO[C@@H](C)COc1cnc(C(C)(C)C)cn1. The van der Waals surface area contributed by atoms with Gasteiger partial charge in [-0.3, -0.25) is 4.98 Å². The van der Waals surface area contributed by atoms with Crippen LogP contribution in [0, 0.1) is 0 Å². The Morgan fingerprint density at radius 3 is 2.38 bits per heavy atom. The Balaban J connectivity index is 2.58. The summed E-state index contributed by atoms with van der Waals surface area (Å²) in [5, 5.41) is 0. The molecule has 1 aromatic rings. The summed E-state index contributed by atoms with van der Waals surface area (Å²) >= 11 is 0. The molecule has 90 valence electrons. The molecule has 1 rings (SSSR count). The number of nitrogens with zero attached hydrogens (tertiary/aromatic N) is 2. The lowest BCUT2D eigenvalue weighted by Crippen LogP contribution is -2.17. The second kappa shape index (κ2) is 5.25. The van der Waals surface area contributed by atoms with Gasteiger partial charge in [-0.15, -0.1) is 0 Å². The topological polar surface area (TPSA) is 44.2 Å². The van der Waals surface area contributed by atoms with Crippen LogP contribution in [0.5, 0.6) is 5.88 Å². The highest BCUT2D eigenvalue weighted by Crippen LogP contribution is 2.19. The van der Waals surface area contributed by atoms with Crippen LogP contribution in [0.4, 0.5) is 0 Å². The van der Waals surface area contributed by atoms with Crippen LogP contribution in [0.15, 0.2) is 12.4 Å². The predicted octanol–water partition coefficient (Wildman–Crippen LogP) is 2.19. The predicted molar refractivity (Wildman–Crippen MR) is 62.7 cm³/mol. The van der Waals surface area contributed by atoms with Gasteiger partial charge in [0.2, 0.25) is 5.88 Å². The lowest BCUT2D eigenvalue weighted by molar-refractivity contribution is 0.0697. The molecule has 0 unspecified atom stereocenters. The zero-order chi connectivity index (χ0) is 12.2. The van der Waals surface area contributed by atoms with E-state index in [2.05, 4.69) is 30.7 Å². The van der Waals surface area contributed by atoms with Crippen LogP contribution in [0.1, 0.15) is 33.4 Å². The zero-order valence-electron chi connectivity index (χ0n) is 10.7. The standard InChI is InChI=1S/C12H20N2O2/c1-9(15-5)8-16-11-7-13-10(6-14-11)12(2,3)4/h6-7,9H,8H2,1-5H3/t9-/m0/s1. The number of ether oxygens (including phenoxy) is 2. The van der Waals surface area contributed by atoms with Crippen molar-refractivity contribution < 1.29 is 9.47 Å². The van der Waals surface area contributed by atoms with Gasteiger partial charge in [-0.1, -0.05) is 20.8 Å². The summed E-state index contributed by atoms with van der Waals surface area (Å²) in [4.78, 5) is 8.54. The van der Waals surface area contributed by atoms with Gasteiger partial charge in [0, 0.05) is 12.5 Å². The molecular weight excluding hydrogens is 204 g/mol. The van der Waals surface area contributed by atoms with Crippen LogP contribution in [-0.4, -0.2) is 29.8 Å². The Bertz CT molecular complexity index is 317. The van der Waals surface area contributed by atoms with Crippen molar-refractivity contribution in [3.8, 4) is 5.88 Å². The van der Waals surface area contributed by atoms with E-state index in [4.69, 9.17) is 9.47 Å². The van der Waals surface area contributed by atoms with E-state index in [-0.39, 0.29) is 11.5 Å². The van der Waals surface area contributed by atoms with E-state index < -0.39 is 0 Å². The van der Waals surface area contributed by atoms with Crippen molar-refractivity contribution in [1.82, 2.24) is 9.97 Å². The number of hydrogen-bond donors (Lipinski definition) is 0. The van der Waals surface area contributed by atoms with Crippen molar-refractivity contribution in [3.05, 3.63) is 18.1 Å². The molecule has 0 spiro atoms.